The molecule has 2 atom stereocenters. The summed E-state index contributed by atoms with van der Waals surface area (Å²) in [5.41, 5.74) is 0. The molecule has 0 aliphatic carbocycles. The monoisotopic (exact) mass is 1110 g/mol. The van der Waals surface area contributed by atoms with Gasteiger partial charge in [0.05, 0.1) is 40.3 Å². The molecular weight excluding hydrogens is 983 g/mol. The van der Waals surface area contributed by atoms with Crippen LogP contribution in [0.1, 0.15) is 322 Å². The van der Waals surface area contributed by atoms with Gasteiger partial charge in [-0.2, -0.15) is 0 Å². The molecule has 9 nitrogen and oxygen atoms in total. The number of hydrogen-bond donors (Lipinski definition) is 0. The Morgan fingerprint density at radius 2 is 0.684 bits per heavy atom. The van der Waals surface area contributed by atoms with Crippen LogP contribution in [0.5, 0.6) is 0 Å². The number of likely N-dealkylation sites (N-methyl/N-ethyl adjacent to an activating group) is 1. The molecule has 0 spiro atoms. The van der Waals surface area contributed by atoms with Gasteiger partial charge in [0.15, 0.2) is 12.4 Å². The van der Waals surface area contributed by atoms with Crippen molar-refractivity contribution in [2.75, 3.05) is 47.5 Å². The van der Waals surface area contributed by atoms with E-state index in [-0.39, 0.29) is 32.2 Å². The van der Waals surface area contributed by atoms with E-state index in [0.29, 0.717) is 23.9 Å². The standard InChI is InChI=1S/C70H129NO8/c1-6-8-10-12-14-16-18-20-22-24-26-28-30-32-33-34-35-37-39-41-43-45-47-49-51-53-55-57-59-61-68(73)79-66(65-78-70(69(74)75)76-63-62-71(3,4)5)64-77-67(72)60-58-56-54-52-50-48-46-44-42-40-38-36-31-29-27-25-23-21-19-17-15-13-11-9-7-2/h18-21,24-27,66,70H,6-17,22-23,28-65H2,1-5H3/b20-18-,21-19-,26-24-,27-25-. The van der Waals surface area contributed by atoms with Crippen LogP contribution in [0.2, 0.25) is 0 Å². The van der Waals surface area contributed by atoms with Crippen LogP contribution >= 0.6 is 0 Å². The van der Waals surface area contributed by atoms with E-state index in [1.54, 1.807) is 0 Å². The summed E-state index contributed by atoms with van der Waals surface area (Å²) in [5, 5.41) is 11.8. The minimum Gasteiger partial charge on any atom is -0.545 e. The summed E-state index contributed by atoms with van der Waals surface area (Å²) >= 11 is 0. The Morgan fingerprint density at radius 1 is 0.380 bits per heavy atom. The van der Waals surface area contributed by atoms with Crippen LogP contribution in [0.15, 0.2) is 48.6 Å². The number of allylic oxidation sites excluding steroid dienone is 8. The predicted molar refractivity (Wildman–Crippen MR) is 334 cm³/mol. The highest BCUT2D eigenvalue weighted by atomic mass is 16.7. The van der Waals surface area contributed by atoms with E-state index in [0.717, 1.165) is 44.9 Å². The third kappa shape index (κ3) is 62.7. The fraction of sp³-hybridized carbons (Fsp3) is 0.843. The molecule has 0 saturated heterocycles. The largest absolute Gasteiger partial charge is 0.545 e. The first-order valence-electron chi connectivity index (χ1n) is 33.8. The van der Waals surface area contributed by atoms with Crippen molar-refractivity contribution < 1.29 is 42.9 Å². The van der Waals surface area contributed by atoms with Gasteiger partial charge in [0, 0.05) is 12.8 Å². The first-order chi connectivity index (χ1) is 38.6. The fourth-order valence-corrected chi connectivity index (χ4v) is 9.84. The SMILES string of the molecule is CCCCCCC/C=C\C/C=C\CCCCCCCCCCCCCCCCCCCC(=O)OC(COC(=O)CCCCCCCCCCCCCCC/C=C\C/C=C\CCCCCCC)COC(OCC[N+](C)(C)C)C(=O)[O-]. The van der Waals surface area contributed by atoms with Gasteiger partial charge in [0.2, 0.25) is 0 Å². The first kappa shape index (κ1) is 76.2. The number of unbranched alkanes of at least 4 members (excludes halogenated alkanes) is 40. The lowest BCUT2D eigenvalue weighted by Gasteiger charge is -2.26. The maximum Gasteiger partial charge on any atom is 0.306 e. The second-order valence-corrected chi connectivity index (χ2v) is 24.1. The smallest absolute Gasteiger partial charge is 0.306 e. The quantitative estimate of drug-likeness (QED) is 0.0195. The van der Waals surface area contributed by atoms with E-state index in [2.05, 4.69) is 62.5 Å². The molecule has 0 fully saturated rings. The van der Waals surface area contributed by atoms with Gasteiger partial charge in [-0.25, -0.2) is 0 Å². The van der Waals surface area contributed by atoms with Crippen molar-refractivity contribution >= 4 is 17.9 Å². The Labute approximate surface area is 489 Å². The minimum absolute atomic E-state index is 0.149. The number of aliphatic carboxylic acids is 1. The van der Waals surface area contributed by atoms with Crippen molar-refractivity contribution in [2.45, 2.75) is 334 Å². The van der Waals surface area contributed by atoms with E-state index in [9.17, 15) is 19.5 Å². The second kappa shape index (κ2) is 61.3. The van der Waals surface area contributed by atoms with E-state index in [1.165, 1.54) is 244 Å². The molecule has 0 N–H and O–H groups in total. The number of carbonyl (C=O) groups is 3. The normalized spacial score (nSPS) is 13.0. The number of carboxylic acids is 1. The molecular formula is C70H129NO8. The molecule has 0 amide bonds. The zero-order valence-corrected chi connectivity index (χ0v) is 52.8. The van der Waals surface area contributed by atoms with Crippen LogP contribution in [-0.4, -0.2) is 82.3 Å². The number of esters is 2. The van der Waals surface area contributed by atoms with Crippen molar-refractivity contribution in [1.82, 2.24) is 0 Å². The highest BCUT2D eigenvalue weighted by Crippen LogP contribution is 2.18. The number of carbonyl (C=O) groups excluding carboxylic acids is 3. The van der Waals surface area contributed by atoms with Gasteiger partial charge in [-0.1, -0.05) is 281 Å². The van der Waals surface area contributed by atoms with Crippen LogP contribution in [0.3, 0.4) is 0 Å². The van der Waals surface area contributed by atoms with E-state index in [1.807, 2.05) is 21.1 Å². The molecule has 79 heavy (non-hydrogen) atoms. The van der Waals surface area contributed by atoms with Gasteiger partial charge in [-0.15, -0.1) is 0 Å². The Bertz CT molecular complexity index is 1430. The summed E-state index contributed by atoms with van der Waals surface area (Å²) in [4.78, 5) is 37.4. The molecule has 0 rings (SSSR count). The van der Waals surface area contributed by atoms with Crippen molar-refractivity contribution in [1.29, 1.82) is 0 Å². The van der Waals surface area contributed by atoms with Crippen LogP contribution in [0, 0.1) is 0 Å². The minimum atomic E-state index is -1.62. The average molecular weight is 1110 g/mol. The number of nitrogens with zero attached hydrogens (tertiary/aromatic N) is 1. The van der Waals surface area contributed by atoms with Gasteiger partial charge < -0.3 is 33.3 Å². The van der Waals surface area contributed by atoms with Gasteiger partial charge in [-0.3, -0.25) is 9.59 Å². The van der Waals surface area contributed by atoms with Crippen molar-refractivity contribution in [2.24, 2.45) is 0 Å². The number of quaternary nitrogens is 1. The number of ether oxygens (including phenoxy) is 4. The molecule has 462 valence electrons. The van der Waals surface area contributed by atoms with Crippen LogP contribution in [0.4, 0.5) is 0 Å². The summed E-state index contributed by atoms with van der Waals surface area (Å²) in [5.74, 6) is -2.26. The maximum atomic E-state index is 12.9. The van der Waals surface area contributed by atoms with Gasteiger partial charge >= 0.3 is 11.9 Å². The zero-order valence-electron chi connectivity index (χ0n) is 52.8. The third-order valence-electron chi connectivity index (χ3n) is 15.0. The summed E-state index contributed by atoms with van der Waals surface area (Å²) in [6, 6.07) is 0. The molecule has 2 unspecified atom stereocenters. The third-order valence-corrected chi connectivity index (χ3v) is 15.0. The van der Waals surface area contributed by atoms with Crippen LogP contribution in [0.25, 0.3) is 0 Å². The second-order valence-electron chi connectivity index (χ2n) is 24.1. The van der Waals surface area contributed by atoms with Crippen molar-refractivity contribution in [3.05, 3.63) is 48.6 Å². The molecule has 0 aliphatic heterocycles. The van der Waals surface area contributed by atoms with E-state index >= 15 is 0 Å². The average Bonchev–Trinajstić information content (AvgIpc) is 3.42. The zero-order chi connectivity index (χ0) is 57.6. The summed E-state index contributed by atoms with van der Waals surface area (Å²) in [7, 11) is 5.94. The van der Waals surface area contributed by atoms with E-state index < -0.39 is 24.3 Å². The predicted octanol–water partition coefficient (Wildman–Crippen LogP) is 19.2. The summed E-state index contributed by atoms with van der Waals surface area (Å²) < 4.78 is 22.8. The Kier molecular flexibility index (Phi) is 59.2. The van der Waals surface area contributed by atoms with Crippen molar-refractivity contribution in [3.63, 3.8) is 0 Å². The summed E-state index contributed by atoms with van der Waals surface area (Å²) in [6.45, 7) is 4.78. The topological polar surface area (TPSA) is 111 Å². The van der Waals surface area contributed by atoms with Crippen LogP contribution < -0.4 is 5.11 Å². The van der Waals surface area contributed by atoms with Crippen molar-refractivity contribution in [3.8, 4) is 0 Å². The molecule has 0 radical (unpaired) electrons. The van der Waals surface area contributed by atoms with Gasteiger partial charge in [-0.05, 0) is 77.0 Å². The Morgan fingerprint density at radius 3 is 1.00 bits per heavy atom. The molecule has 0 heterocycles. The molecule has 0 aromatic heterocycles. The molecule has 0 aromatic carbocycles. The maximum absolute atomic E-state index is 12.9. The molecule has 0 aromatic rings. The Hall–Kier alpha value is -2.75. The lowest BCUT2D eigenvalue weighted by molar-refractivity contribution is -0.870. The summed E-state index contributed by atoms with van der Waals surface area (Å²) in [6.07, 6.45) is 74.7. The van der Waals surface area contributed by atoms with Gasteiger partial charge in [0.25, 0.3) is 0 Å². The number of carboxylic acid groups (broad SMARTS) is 1. The lowest BCUT2D eigenvalue weighted by Crippen LogP contribution is -2.44. The Balaban J connectivity index is 4.11. The number of rotatable bonds is 63. The highest BCUT2D eigenvalue weighted by molar-refractivity contribution is 5.70. The molecule has 0 saturated carbocycles. The molecule has 0 bridgehead atoms. The van der Waals surface area contributed by atoms with Crippen LogP contribution in [-0.2, 0) is 33.3 Å². The lowest BCUT2D eigenvalue weighted by atomic mass is 10.0. The molecule has 0 aliphatic rings. The molecule has 9 heteroatoms. The van der Waals surface area contributed by atoms with Gasteiger partial charge in [0.1, 0.15) is 13.2 Å². The highest BCUT2D eigenvalue weighted by Gasteiger charge is 2.22. The van der Waals surface area contributed by atoms with E-state index in [4.69, 9.17) is 18.9 Å². The number of hydrogen-bond acceptors (Lipinski definition) is 8. The fourth-order valence-electron chi connectivity index (χ4n) is 9.84. The first-order valence-corrected chi connectivity index (χ1v) is 33.8.